The molecule has 4 heteroatoms. The van der Waals surface area contributed by atoms with Crippen LogP contribution >= 0.6 is 15.9 Å². The van der Waals surface area contributed by atoms with Crippen LogP contribution in [0.15, 0.2) is 10.8 Å². The molecule has 0 unspecified atom stereocenters. The minimum atomic E-state index is 0.505. The molecule has 2 rings (SSSR count). The van der Waals surface area contributed by atoms with E-state index in [4.69, 9.17) is 5.73 Å². The Labute approximate surface area is 105 Å². The first-order valence-corrected chi connectivity index (χ1v) is 6.84. The molecule has 3 nitrogen and oxygen atoms in total. The average Bonchev–Trinajstić information content (AvgIpc) is 2.22. The standard InChI is InChI=1S/C12H18BrN3/c13-10-8-15-12(14)11(16-10)9-6-4-2-1-3-5-7-9/h8-9H,1-7H2,(H2,14,15). The van der Waals surface area contributed by atoms with Crippen LogP contribution in [0.4, 0.5) is 5.82 Å². The lowest BCUT2D eigenvalue weighted by atomic mass is 9.89. The van der Waals surface area contributed by atoms with E-state index < -0.39 is 0 Å². The molecule has 0 aromatic carbocycles. The Kier molecular flexibility index (Phi) is 4.16. The lowest BCUT2D eigenvalue weighted by molar-refractivity contribution is 0.449. The Hall–Kier alpha value is -0.640. The van der Waals surface area contributed by atoms with E-state index in [2.05, 4.69) is 25.9 Å². The maximum Gasteiger partial charge on any atom is 0.145 e. The quantitative estimate of drug-likeness (QED) is 0.856. The van der Waals surface area contributed by atoms with E-state index in [0.717, 1.165) is 10.3 Å². The summed E-state index contributed by atoms with van der Waals surface area (Å²) in [5, 5.41) is 0. The second-order valence-corrected chi connectivity index (χ2v) is 5.32. The summed E-state index contributed by atoms with van der Waals surface area (Å²) in [6.07, 6.45) is 10.7. The van der Waals surface area contributed by atoms with Crippen molar-refractivity contribution in [3.63, 3.8) is 0 Å². The van der Waals surface area contributed by atoms with Gasteiger partial charge in [0.25, 0.3) is 0 Å². The van der Waals surface area contributed by atoms with Gasteiger partial charge in [0.15, 0.2) is 0 Å². The number of hydrogen-bond donors (Lipinski definition) is 1. The van der Waals surface area contributed by atoms with Gasteiger partial charge in [-0.05, 0) is 28.8 Å². The lowest BCUT2D eigenvalue weighted by Crippen LogP contribution is -2.09. The zero-order chi connectivity index (χ0) is 11.4. The van der Waals surface area contributed by atoms with Crippen molar-refractivity contribution in [2.75, 3.05) is 5.73 Å². The van der Waals surface area contributed by atoms with Crippen LogP contribution in [0.5, 0.6) is 0 Å². The Morgan fingerprint density at radius 2 is 1.75 bits per heavy atom. The number of hydrogen-bond acceptors (Lipinski definition) is 3. The molecule has 1 aromatic heterocycles. The molecule has 1 saturated carbocycles. The van der Waals surface area contributed by atoms with E-state index in [-0.39, 0.29) is 0 Å². The second kappa shape index (κ2) is 5.62. The van der Waals surface area contributed by atoms with Crippen LogP contribution in [0, 0.1) is 0 Å². The summed E-state index contributed by atoms with van der Waals surface area (Å²) < 4.78 is 0.791. The van der Waals surface area contributed by atoms with Crippen LogP contribution in [0.1, 0.15) is 56.6 Å². The Balaban J connectivity index is 2.16. The molecule has 1 aromatic rings. The number of nitrogen functional groups attached to an aromatic ring is 1. The van der Waals surface area contributed by atoms with Crippen molar-refractivity contribution in [1.82, 2.24) is 9.97 Å². The molecule has 0 atom stereocenters. The van der Waals surface area contributed by atoms with Gasteiger partial charge < -0.3 is 5.73 Å². The maximum absolute atomic E-state index is 5.92. The molecular weight excluding hydrogens is 266 g/mol. The molecule has 16 heavy (non-hydrogen) atoms. The van der Waals surface area contributed by atoms with Gasteiger partial charge >= 0.3 is 0 Å². The topological polar surface area (TPSA) is 51.8 Å². The van der Waals surface area contributed by atoms with Crippen LogP contribution in [0.2, 0.25) is 0 Å². The molecule has 0 spiro atoms. The highest BCUT2D eigenvalue weighted by Crippen LogP contribution is 2.32. The first-order valence-electron chi connectivity index (χ1n) is 6.05. The number of nitrogens with two attached hydrogens (primary N) is 1. The van der Waals surface area contributed by atoms with E-state index in [1.54, 1.807) is 6.20 Å². The van der Waals surface area contributed by atoms with Crippen molar-refractivity contribution >= 4 is 21.7 Å². The van der Waals surface area contributed by atoms with Gasteiger partial charge in [-0.2, -0.15) is 0 Å². The predicted molar refractivity (Wildman–Crippen MR) is 69.2 cm³/mol. The summed E-state index contributed by atoms with van der Waals surface area (Å²) >= 11 is 3.37. The first-order chi connectivity index (χ1) is 7.77. The highest BCUT2D eigenvalue weighted by Gasteiger charge is 2.18. The molecule has 1 aliphatic carbocycles. The molecule has 2 N–H and O–H groups in total. The van der Waals surface area contributed by atoms with Gasteiger partial charge in [-0.3, -0.25) is 0 Å². The average molecular weight is 284 g/mol. The maximum atomic E-state index is 5.92. The highest BCUT2D eigenvalue weighted by molar-refractivity contribution is 9.10. The monoisotopic (exact) mass is 283 g/mol. The Morgan fingerprint density at radius 1 is 1.12 bits per heavy atom. The van der Waals surface area contributed by atoms with Crippen LogP contribution in [0.3, 0.4) is 0 Å². The van der Waals surface area contributed by atoms with Crippen molar-refractivity contribution in [1.29, 1.82) is 0 Å². The zero-order valence-electron chi connectivity index (χ0n) is 9.45. The summed E-state index contributed by atoms with van der Waals surface area (Å²) in [7, 11) is 0. The van der Waals surface area contributed by atoms with Crippen LogP contribution < -0.4 is 5.73 Å². The third-order valence-electron chi connectivity index (χ3n) is 3.29. The molecule has 0 amide bonds. The molecule has 1 fully saturated rings. The SMILES string of the molecule is Nc1ncc(Br)nc1C1CCCCCCC1. The zero-order valence-corrected chi connectivity index (χ0v) is 11.0. The highest BCUT2D eigenvalue weighted by atomic mass is 79.9. The number of anilines is 1. The third-order valence-corrected chi connectivity index (χ3v) is 3.67. The van der Waals surface area contributed by atoms with Gasteiger partial charge in [0, 0.05) is 5.92 Å². The Morgan fingerprint density at radius 3 is 2.44 bits per heavy atom. The van der Waals surface area contributed by atoms with Crippen LogP contribution in [-0.2, 0) is 0 Å². The van der Waals surface area contributed by atoms with Crippen molar-refractivity contribution in [2.45, 2.75) is 50.9 Å². The number of aromatic nitrogens is 2. The van der Waals surface area contributed by atoms with E-state index in [0.29, 0.717) is 11.7 Å². The number of nitrogens with zero attached hydrogens (tertiary/aromatic N) is 2. The van der Waals surface area contributed by atoms with Gasteiger partial charge in [0.05, 0.1) is 11.9 Å². The summed E-state index contributed by atoms with van der Waals surface area (Å²) in [5.74, 6) is 1.11. The minimum absolute atomic E-state index is 0.505. The number of halogens is 1. The first kappa shape index (κ1) is 11.8. The summed E-state index contributed by atoms with van der Waals surface area (Å²) in [6, 6.07) is 0. The van der Waals surface area contributed by atoms with Gasteiger partial charge in [-0.15, -0.1) is 0 Å². The van der Waals surface area contributed by atoms with E-state index in [1.165, 1.54) is 44.9 Å². The molecule has 0 aliphatic heterocycles. The third kappa shape index (κ3) is 2.94. The van der Waals surface area contributed by atoms with Gasteiger partial charge in [-0.25, -0.2) is 9.97 Å². The Bertz CT molecular complexity index is 346. The predicted octanol–water partition coefficient (Wildman–Crippen LogP) is 3.65. The molecular formula is C12H18BrN3. The van der Waals surface area contributed by atoms with Crippen LogP contribution in [0.25, 0.3) is 0 Å². The molecule has 0 bridgehead atoms. The second-order valence-electron chi connectivity index (χ2n) is 4.51. The van der Waals surface area contributed by atoms with Gasteiger partial charge in [-0.1, -0.05) is 32.1 Å². The minimum Gasteiger partial charge on any atom is -0.382 e. The fourth-order valence-corrected chi connectivity index (χ4v) is 2.71. The van der Waals surface area contributed by atoms with Gasteiger partial charge in [0.2, 0.25) is 0 Å². The van der Waals surface area contributed by atoms with Crippen molar-refractivity contribution in [2.24, 2.45) is 0 Å². The summed E-state index contributed by atoms with van der Waals surface area (Å²) in [5.41, 5.74) is 6.91. The fraction of sp³-hybridized carbons (Fsp3) is 0.667. The number of rotatable bonds is 1. The largest absolute Gasteiger partial charge is 0.382 e. The molecule has 0 saturated heterocycles. The van der Waals surface area contributed by atoms with Gasteiger partial charge in [0.1, 0.15) is 10.4 Å². The van der Waals surface area contributed by atoms with Crippen LogP contribution in [-0.4, -0.2) is 9.97 Å². The van der Waals surface area contributed by atoms with Crippen molar-refractivity contribution in [3.05, 3.63) is 16.5 Å². The molecule has 1 heterocycles. The molecule has 0 radical (unpaired) electrons. The lowest BCUT2D eigenvalue weighted by Gasteiger charge is -2.20. The summed E-state index contributed by atoms with van der Waals surface area (Å²) in [4.78, 5) is 8.67. The smallest absolute Gasteiger partial charge is 0.145 e. The van der Waals surface area contributed by atoms with E-state index in [9.17, 15) is 0 Å². The van der Waals surface area contributed by atoms with E-state index in [1.807, 2.05) is 0 Å². The van der Waals surface area contributed by atoms with Crippen molar-refractivity contribution < 1.29 is 0 Å². The molecule has 1 aliphatic rings. The normalized spacial score (nSPS) is 19.1. The fourth-order valence-electron chi connectivity index (χ4n) is 2.42. The van der Waals surface area contributed by atoms with E-state index >= 15 is 0 Å². The molecule has 88 valence electrons. The summed E-state index contributed by atoms with van der Waals surface area (Å²) in [6.45, 7) is 0. The van der Waals surface area contributed by atoms with Crippen molar-refractivity contribution in [3.8, 4) is 0 Å².